The van der Waals surface area contributed by atoms with Crippen molar-refractivity contribution in [1.29, 1.82) is 0 Å². The van der Waals surface area contributed by atoms with Gasteiger partial charge in [-0.05, 0) is 30.7 Å². The summed E-state index contributed by atoms with van der Waals surface area (Å²) in [6.45, 7) is 2.57. The van der Waals surface area contributed by atoms with Gasteiger partial charge < -0.3 is 9.73 Å². The summed E-state index contributed by atoms with van der Waals surface area (Å²) in [5, 5.41) is 15.3. The van der Waals surface area contributed by atoms with Crippen molar-refractivity contribution in [3.63, 3.8) is 0 Å². The summed E-state index contributed by atoms with van der Waals surface area (Å²) in [7, 11) is 0. The zero-order valence-electron chi connectivity index (χ0n) is 16.4. The number of carbonyl (C=O) groups excluding carboxylic acids is 1. The quantitative estimate of drug-likeness (QED) is 0.430. The number of hydrogen-bond acceptors (Lipinski definition) is 5. The Morgan fingerprint density at radius 1 is 1.10 bits per heavy atom. The van der Waals surface area contributed by atoms with Gasteiger partial charge in [0.1, 0.15) is 5.82 Å². The van der Waals surface area contributed by atoms with Gasteiger partial charge in [-0.1, -0.05) is 51.8 Å². The van der Waals surface area contributed by atoms with Crippen molar-refractivity contribution in [3.05, 3.63) is 82.3 Å². The molecule has 0 aliphatic heterocycles. The fourth-order valence-corrected chi connectivity index (χ4v) is 3.36. The molecule has 2 heterocycles. The molecule has 0 atom stereocenters. The molecule has 4 rings (SSSR count). The molecular weight excluding hydrogens is 446 g/mol. The van der Waals surface area contributed by atoms with Crippen LogP contribution in [0.3, 0.4) is 0 Å². The molecule has 0 aliphatic carbocycles. The minimum absolute atomic E-state index is 0.140. The fraction of sp³-hybridized carbons (Fsp3) is 0.182. The van der Waals surface area contributed by atoms with Gasteiger partial charge in [-0.25, -0.2) is 4.68 Å². The Morgan fingerprint density at radius 3 is 2.70 bits per heavy atom. The molecule has 152 valence electrons. The van der Waals surface area contributed by atoms with Gasteiger partial charge in [0.15, 0.2) is 0 Å². The van der Waals surface area contributed by atoms with Crippen LogP contribution in [0.4, 0.5) is 5.82 Å². The van der Waals surface area contributed by atoms with Crippen LogP contribution in [-0.4, -0.2) is 25.9 Å². The smallest absolute Gasteiger partial charge is 0.247 e. The number of nitrogens with one attached hydrogen (secondary N) is 1. The minimum Gasteiger partial charge on any atom is -0.421 e. The second-order valence-electron chi connectivity index (χ2n) is 6.88. The lowest BCUT2D eigenvalue weighted by Gasteiger charge is -2.10. The molecule has 0 saturated carbocycles. The Hall–Kier alpha value is -3.26. The number of amides is 1. The number of anilines is 1. The van der Waals surface area contributed by atoms with Crippen LogP contribution in [-0.2, 0) is 17.8 Å². The van der Waals surface area contributed by atoms with Gasteiger partial charge in [0.05, 0.1) is 12.7 Å². The second-order valence-corrected chi connectivity index (χ2v) is 7.73. The van der Waals surface area contributed by atoms with Gasteiger partial charge in [-0.2, -0.15) is 5.10 Å². The SMILES string of the molecule is Cc1ccc(-c2nnc(CCC(=O)Nc3ccnn3Cc3ccccc3Br)o2)cc1. The minimum atomic E-state index is -0.140. The third-order valence-electron chi connectivity index (χ3n) is 4.59. The van der Waals surface area contributed by atoms with Gasteiger partial charge in [-0.15, -0.1) is 10.2 Å². The van der Waals surface area contributed by atoms with Crippen LogP contribution >= 0.6 is 15.9 Å². The van der Waals surface area contributed by atoms with Crippen LogP contribution in [0, 0.1) is 6.92 Å². The molecule has 1 N–H and O–H groups in total. The van der Waals surface area contributed by atoms with E-state index < -0.39 is 0 Å². The average Bonchev–Trinajstić information content (AvgIpc) is 3.39. The molecular formula is C22H20BrN5O2. The average molecular weight is 466 g/mol. The van der Waals surface area contributed by atoms with E-state index in [2.05, 4.69) is 36.5 Å². The van der Waals surface area contributed by atoms with Crippen molar-refractivity contribution in [2.45, 2.75) is 26.3 Å². The third-order valence-corrected chi connectivity index (χ3v) is 5.37. The second kappa shape index (κ2) is 9.04. The van der Waals surface area contributed by atoms with E-state index in [1.807, 2.05) is 55.5 Å². The van der Waals surface area contributed by atoms with Crippen molar-refractivity contribution in [2.24, 2.45) is 0 Å². The summed E-state index contributed by atoms with van der Waals surface area (Å²) in [5.41, 5.74) is 3.10. The van der Waals surface area contributed by atoms with Crippen LogP contribution in [0.25, 0.3) is 11.5 Å². The highest BCUT2D eigenvalue weighted by atomic mass is 79.9. The summed E-state index contributed by atoms with van der Waals surface area (Å²) in [6, 6.07) is 17.5. The number of aryl methyl sites for hydroxylation is 2. The van der Waals surface area contributed by atoms with Crippen LogP contribution in [0.5, 0.6) is 0 Å². The summed E-state index contributed by atoms with van der Waals surface area (Å²) in [5.74, 6) is 1.39. The first-order valence-electron chi connectivity index (χ1n) is 9.53. The highest BCUT2D eigenvalue weighted by Crippen LogP contribution is 2.20. The summed E-state index contributed by atoms with van der Waals surface area (Å²) in [4.78, 5) is 12.4. The number of rotatable bonds is 7. The zero-order valence-corrected chi connectivity index (χ0v) is 18.0. The topological polar surface area (TPSA) is 85.8 Å². The Morgan fingerprint density at radius 2 is 1.90 bits per heavy atom. The lowest BCUT2D eigenvalue weighted by atomic mass is 10.1. The first kappa shape index (κ1) is 20.0. The van der Waals surface area contributed by atoms with E-state index in [0.717, 1.165) is 21.2 Å². The Bertz CT molecular complexity index is 1150. The van der Waals surface area contributed by atoms with Gasteiger partial charge in [0.2, 0.25) is 17.7 Å². The monoisotopic (exact) mass is 465 g/mol. The first-order valence-corrected chi connectivity index (χ1v) is 10.3. The maximum atomic E-state index is 12.4. The number of benzene rings is 2. The van der Waals surface area contributed by atoms with Crippen LogP contribution < -0.4 is 5.32 Å². The molecule has 0 radical (unpaired) electrons. The van der Waals surface area contributed by atoms with E-state index >= 15 is 0 Å². The standard InChI is InChI=1S/C22H20BrN5O2/c1-15-6-8-16(9-7-15)22-27-26-21(30-22)11-10-20(29)25-19-12-13-24-28(19)14-17-4-2-3-5-18(17)23/h2-9,12-13H,10-11,14H2,1H3,(H,25,29). The molecule has 0 saturated heterocycles. The molecule has 7 nitrogen and oxygen atoms in total. The number of nitrogens with zero attached hydrogens (tertiary/aromatic N) is 4. The number of halogens is 1. The van der Waals surface area contributed by atoms with Crippen LogP contribution in [0.15, 0.2) is 69.7 Å². The predicted molar refractivity (Wildman–Crippen MR) is 117 cm³/mol. The first-order chi connectivity index (χ1) is 14.6. The van der Waals surface area contributed by atoms with Gasteiger partial charge in [0, 0.05) is 28.9 Å². The van der Waals surface area contributed by atoms with Crippen molar-refractivity contribution < 1.29 is 9.21 Å². The predicted octanol–water partition coefficient (Wildman–Crippen LogP) is 4.62. The molecule has 0 aliphatic rings. The van der Waals surface area contributed by atoms with Crippen molar-refractivity contribution in [3.8, 4) is 11.5 Å². The van der Waals surface area contributed by atoms with E-state index in [1.165, 1.54) is 0 Å². The number of hydrogen-bond donors (Lipinski definition) is 1. The maximum Gasteiger partial charge on any atom is 0.247 e. The Balaban J connectivity index is 1.34. The highest BCUT2D eigenvalue weighted by molar-refractivity contribution is 9.10. The van der Waals surface area contributed by atoms with E-state index in [0.29, 0.717) is 30.6 Å². The van der Waals surface area contributed by atoms with E-state index in [-0.39, 0.29) is 12.3 Å². The highest BCUT2D eigenvalue weighted by Gasteiger charge is 2.13. The van der Waals surface area contributed by atoms with Crippen molar-refractivity contribution in [2.75, 3.05) is 5.32 Å². The lowest BCUT2D eigenvalue weighted by molar-refractivity contribution is -0.116. The van der Waals surface area contributed by atoms with Gasteiger partial charge in [0.25, 0.3) is 0 Å². The maximum absolute atomic E-state index is 12.4. The molecule has 0 unspecified atom stereocenters. The molecule has 0 bridgehead atoms. The fourth-order valence-electron chi connectivity index (χ4n) is 2.95. The number of carbonyl (C=O) groups is 1. The van der Waals surface area contributed by atoms with Crippen molar-refractivity contribution >= 4 is 27.7 Å². The van der Waals surface area contributed by atoms with Gasteiger partial charge in [-0.3, -0.25) is 4.79 Å². The molecule has 0 fully saturated rings. The lowest BCUT2D eigenvalue weighted by Crippen LogP contribution is -2.16. The van der Waals surface area contributed by atoms with Crippen LogP contribution in [0.1, 0.15) is 23.4 Å². The van der Waals surface area contributed by atoms with E-state index in [1.54, 1.807) is 16.9 Å². The van der Waals surface area contributed by atoms with Crippen molar-refractivity contribution in [1.82, 2.24) is 20.0 Å². The summed E-state index contributed by atoms with van der Waals surface area (Å²) in [6.07, 6.45) is 2.26. The van der Waals surface area contributed by atoms with Gasteiger partial charge >= 0.3 is 0 Å². The molecule has 8 heteroatoms. The Labute approximate surface area is 182 Å². The molecule has 0 spiro atoms. The molecule has 2 aromatic carbocycles. The largest absolute Gasteiger partial charge is 0.421 e. The molecule has 2 aromatic heterocycles. The van der Waals surface area contributed by atoms with E-state index in [4.69, 9.17) is 4.42 Å². The third kappa shape index (κ3) is 4.83. The number of aromatic nitrogens is 4. The zero-order chi connectivity index (χ0) is 20.9. The molecule has 30 heavy (non-hydrogen) atoms. The van der Waals surface area contributed by atoms with Crippen LogP contribution in [0.2, 0.25) is 0 Å². The molecule has 4 aromatic rings. The molecule has 1 amide bonds. The van der Waals surface area contributed by atoms with E-state index in [9.17, 15) is 4.79 Å². The summed E-state index contributed by atoms with van der Waals surface area (Å²) < 4.78 is 8.43. The summed E-state index contributed by atoms with van der Waals surface area (Å²) >= 11 is 3.54. The normalized spacial score (nSPS) is 10.9. The Kier molecular flexibility index (Phi) is 6.04.